The van der Waals surface area contributed by atoms with E-state index >= 15 is 0 Å². The Bertz CT molecular complexity index is 220. The van der Waals surface area contributed by atoms with Gasteiger partial charge in [-0.25, -0.2) is 0 Å². The van der Waals surface area contributed by atoms with Crippen molar-refractivity contribution in [2.75, 3.05) is 7.11 Å². The minimum atomic E-state index is -0.0613. The molecule has 15 heavy (non-hydrogen) atoms. The summed E-state index contributed by atoms with van der Waals surface area (Å²) in [6.07, 6.45) is 8.67. The molecule has 3 heteroatoms. The number of esters is 1. The molecule has 0 saturated heterocycles. The SMILES string of the molecule is COC(=O)C(NC1CC1)C1CCCCC1. The number of carbonyl (C=O) groups excluding carboxylic acids is 1. The number of hydrogen-bond donors (Lipinski definition) is 1. The van der Waals surface area contributed by atoms with E-state index in [0.29, 0.717) is 12.0 Å². The summed E-state index contributed by atoms with van der Waals surface area (Å²) in [5.41, 5.74) is 0. The van der Waals surface area contributed by atoms with Crippen LogP contribution in [0.5, 0.6) is 0 Å². The van der Waals surface area contributed by atoms with Crippen molar-refractivity contribution in [2.24, 2.45) is 5.92 Å². The van der Waals surface area contributed by atoms with Gasteiger partial charge in [0.1, 0.15) is 6.04 Å². The summed E-state index contributed by atoms with van der Waals surface area (Å²) in [5, 5.41) is 3.44. The van der Waals surface area contributed by atoms with Crippen LogP contribution in [0.3, 0.4) is 0 Å². The van der Waals surface area contributed by atoms with E-state index in [1.54, 1.807) is 0 Å². The summed E-state index contributed by atoms with van der Waals surface area (Å²) in [6.45, 7) is 0. The molecule has 0 heterocycles. The second-order valence-electron chi connectivity index (χ2n) is 4.84. The first kappa shape index (κ1) is 10.9. The molecule has 2 fully saturated rings. The van der Waals surface area contributed by atoms with E-state index in [2.05, 4.69) is 5.32 Å². The van der Waals surface area contributed by atoms with Gasteiger partial charge in [-0.15, -0.1) is 0 Å². The maximum absolute atomic E-state index is 11.7. The van der Waals surface area contributed by atoms with Crippen molar-refractivity contribution in [3.8, 4) is 0 Å². The molecule has 0 aromatic heterocycles. The highest BCUT2D eigenvalue weighted by Crippen LogP contribution is 2.29. The van der Waals surface area contributed by atoms with Crippen LogP contribution < -0.4 is 5.32 Å². The lowest BCUT2D eigenvalue weighted by atomic mass is 9.84. The molecule has 86 valence electrons. The molecule has 0 aliphatic heterocycles. The first-order chi connectivity index (χ1) is 7.31. The second-order valence-corrected chi connectivity index (χ2v) is 4.84. The Hall–Kier alpha value is -0.570. The van der Waals surface area contributed by atoms with Gasteiger partial charge in [0.2, 0.25) is 0 Å². The number of rotatable bonds is 4. The van der Waals surface area contributed by atoms with Crippen molar-refractivity contribution >= 4 is 5.97 Å². The van der Waals surface area contributed by atoms with Crippen LogP contribution in [0.25, 0.3) is 0 Å². The third-order valence-corrected chi connectivity index (χ3v) is 3.57. The quantitative estimate of drug-likeness (QED) is 0.721. The van der Waals surface area contributed by atoms with Crippen LogP contribution in [0.4, 0.5) is 0 Å². The molecule has 1 unspecified atom stereocenters. The summed E-state index contributed by atoms with van der Waals surface area (Å²) in [7, 11) is 1.49. The Morgan fingerprint density at radius 3 is 2.40 bits per heavy atom. The van der Waals surface area contributed by atoms with Crippen LogP contribution >= 0.6 is 0 Å². The molecule has 3 nitrogen and oxygen atoms in total. The molecular weight excluding hydrogens is 190 g/mol. The number of nitrogens with one attached hydrogen (secondary N) is 1. The lowest BCUT2D eigenvalue weighted by Gasteiger charge is -2.29. The molecule has 2 aliphatic rings. The monoisotopic (exact) mass is 211 g/mol. The van der Waals surface area contributed by atoms with E-state index < -0.39 is 0 Å². The van der Waals surface area contributed by atoms with Crippen molar-refractivity contribution < 1.29 is 9.53 Å². The predicted molar refractivity (Wildman–Crippen MR) is 58.5 cm³/mol. The van der Waals surface area contributed by atoms with E-state index in [9.17, 15) is 4.79 Å². The Morgan fingerprint density at radius 1 is 1.20 bits per heavy atom. The fourth-order valence-corrected chi connectivity index (χ4v) is 2.49. The number of hydrogen-bond acceptors (Lipinski definition) is 3. The minimum absolute atomic E-state index is 0.0391. The van der Waals surface area contributed by atoms with Gasteiger partial charge in [-0.2, -0.15) is 0 Å². The Balaban J connectivity index is 1.92. The van der Waals surface area contributed by atoms with Gasteiger partial charge < -0.3 is 10.1 Å². The van der Waals surface area contributed by atoms with Gasteiger partial charge in [-0.3, -0.25) is 4.79 Å². The number of ether oxygens (including phenoxy) is 1. The first-order valence-corrected chi connectivity index (χ1v) is 6.15. The van der Waals surface area contributed by atoms with Crippen molar-refractivity contribution in [1.82, 2.24) is 5.32 Å². The van der Waals surface area contributed by atoms with Gasteiger partial charge in [0, 0.05) is 6.04 Å². The third-order valence-electron chi connectivity index (χ3n) is 3.57. The predicted octanol–water partition coefficient (Wildman–Crippen LogP) is 1.86. The lowest BCUT2D eigenvalue weighted by molar-refractivity contribution is -0.145. The van der Waals surface area contributed by atoms with Gasteiger partial charge in [0.25, 0.3) is 0 Å². The van der Waals surface area contributed by atoms with Gasteiger partial charge in [0.05, 0.1) is 7.11 Å². The number of methoxy groups -OCH3 is 1. The zero-order valence-corrected chi connectivity index (χ0v) is 9.50. The molecule has 0 aromatic carbocycles. The van der Waals surface area contributed by atoms with Crippen LogP contribution in [-0.2, 0) is 9.53 Å². The number of carbonyl (C=O) groups is 1. The van der Waals surface area contributed by atoms with Gasteiger partial charge in [-0.1, -0.05) is 19.3 Å². The van der Waals surface area contributed by atoms with Crippen LogP contribution in [0, 0.1) is 5.92 Å². The van der Waals surface area contributed by atoms with E-state index in [4.69, 9.17) is 4.74 Å². The van der Waals surface area contributed by atoms with E-state index in [0.717, 1.165) is 0 Å². The van der Waals surface area contributed by atoms with E-state index in [1.165, 1.54) is 52.1 Å². The topological polar surface area (TPSA) is 38.3 Å². The average molecular weight is 211 g/mol. The van der Waals surface area contributed by atoms with Gasteiger partial charge >= 0.3 is 5.97 Å². The van der Waals surface area contributed by atoms with Crippen molar-refractivity contribution in [3.63, 3.8) is 0 Å². The van der Waals surface area contributed by atoms with Gasteiger partial charge in [0.15, 0.2) is 0 Å². The summed E-state index contributed by atoms with van der Waals surface area (Å²) < 4.78 is 4.89. The largest absolute Gasteiger partial charge is 0.468 e. The first-order valence-electron chi connectivity index (χ1n) is 6.15. The van der Waals surface area contributed by atoms with E-state index in [-0.39, 0.29) is 12.0 Å². The Labute approximate surface area is 91.6 Å². The van der Waals surface area contributed by atoms with E-state index in [1.807, 2.05) is 0 Å². The molecule has 1 atom stereocenters. The molecule has 0 spiro atoms. The zero-order valence-electron chi connectivity index (χ0n) is 9.50. The fraction of sp³-hybridized carbons (Fsp3) is 0.917. The van der Waals surface area contributed by atoms with Gasteiger partial charge in [-0.05, 0) is 31.6 Å². The Morgan fingerprint density at radius 2 is 1.87 bits per heavy atom. The molecule has 1 N–H and O–H groups in total. The highest BCUT2D eigenvalue weighted by Gasteiger charge is 2.34. The molecular formula is C12H21NO2. The zero-order chi connectivity index (χ0) is 10.7. The average Bonchev–Trinajstić information content (AvgIpc) is 3.10. The van der Waals surface area contributed by atoms with Crippen LogP contribution in [0.1, 0.15) is 44.9 Å². The molecule has 0 radical (unpaired) electrons. The second kappa shape index (κ2) is 4.97. The molecule has 2 saturated carbocycles. The highest BCUT2D eigenvalue weighted by atomic mass is 16.5. The third kappa shape index (κ3) is 2.94. The fourth-order valence-electron chi connectivity index (χ4n) is 2.49. The molecule has 0 bridgehead atoms. The molecule has 0 amide bonds. The maximum atomic E-state index is 11.7. The standard InChI is InChI=1S/C12H21NO2/c1-15-12(14)11(13-10-7-8-10)9-5-3-2-4-6-9/h9-11,13H,2-8H2,1H3. The lowest BCUT2D eigenvalue weighted by Crippen LogP contribution is -2.45. The normalized spacial score (nSPS) is 24.9. The highest BCUT2D eigenvalue weighted by molar-refractivity contribution is 5.76. The van der Waals surface area contributed by atoms with Crippen molar-refractivity contribution in [1.29, 1.82) is 0 Å². The van der Waals surface area contributed by atoms with Crippen molar-refractivity contribution in [2.45, 2.75) is 57.0 Å². The summed E-state index contributed by atoms with van der Waals surface area (Å²) in [6, 6.07) is 0.541. The molecule has 0 aromatic rings. The Kier molecular flexibility index (Phi) is 3.62. The summed E-state index contributed by atoms with van der Waals surface area (Å²) in [5.74, 6) is 0.445. The molecule has 2 rings (SSSR count). The smallest absolute Gasteiger partial charge is 0.323 e. The van der Waals surface area contributed by atoms with Crippen LogP contribution in [0.2, 0.25) is 0 Å². The molecule has 2 aliphatic carbocycles. The van der Waals surface area contributed by atoms with Crippen LogP contribution in [-0.4, -0.2) is 25.2 Å². The van der Waals surface area contributed by atoms with Crippen molar-refractivity contribution in [3.05, 3.63) is 0 Å². The minimum Gasteiger partial charge on any atom is -0.468 e. The van der Waals surface area contributed by atoms with Crippen LogP contribution in [0.15, 0.2) is 0 Å². The summed E-state index contributed by atoms with van der Waals surface area (Å²) in [4.78, 5) is 11.7. The maximum Gasteiger partial charge on any atom is 0.323 e. The summed E-state index contributed by atoms with van der Waals surface area (Å²) >= 11 is 0.